The van der Waals surface area contributed by atoms with E-state index in [2.05, 4.69) is 46.1 Å². The summed E-state index contributed by atoms with van der Waals surface area (Å²) in [7, 11) is 1.64. The maximum Gasteiger partial charge on any atom is 0.324 e. The third-order valence-corrected chi connectivity index (χ3v) is 6.49. The fourth-order valence-electron chi connectivity index (χ4n) is 3.75. The van der Waals surface area contributed by atoms with Crippen molar-refractivity contribution >= 4 is 23.7 Å². The summed E-state index contributed by atoms with van der Waals surface area (Å²) >= 11 is 1.57. The maximum absolute atomic E-state index is 11.8. The van der Waals surface area contributed by atoms with Crippen molar-refractivity contribution in [3.8, 4) is 22.8 Å². The Bertz CT molecular complexity index is 1130. The zero-order chi connectivity index (χ0) is 23.4. The summed E-state index contributed by atoms with van der Waals surface area (Å²) in [6, 6.07) is 15.7. The number of nitrogens with zero attached hydrogens (tertiary/aromatic N) is 4. The Hall–Kier alpha value is -3.33. The highest BCUT2D eigenvalue weighted by Crippen LogP contribution is 2.32. The molecular formula is C24H27N5O3S. The van der Waals surface area contributed by atoms with Crippen LogP contribution in [-0.4, -0.2) is 57.6 Å². The van der Waals surface area contributed by atoms with Gasteiger partial charge in [0, 0.05) is 17.9 Å². The van der Waals surface area contributed by atoms with Crippen LogP contribution in [0, 0.1) is 0 Å². The predicted octanol–water partition coefficient (Wildman–Crippen LogP) is 4.10. The number of benzene rings is 2. The molecule has 2 aromatic carbocycles. The van der Waals surface area contributed by atoms with Gasteiger partial charge >= 0.3 is 6.03 Å². The van der Waals surface area contributed by atoms with Crippen LogP contribution in [0.5, 0.6) is 5.75 Å². The van der Waals surface area contributed by atoms with Gasteiger partial charge in [-0.15, -0.1) is 10.2 Å². The van der Waals surface area contributed by atoms with Crippen LogP contribution in [0.3, 0.4) is 0 Å². The number of hydrogen-bond acceptors (Lipinski definition) is 6. The van der Waals surface area contributed by atoms with Crippen molar-refractivity contribution in [3.05, 3.63) is 54.1 Å². The van der Waals surface area contributed by atoms with Gasteiger partial charge in [0.25, 0.3) is 0 Å². The van der Waals surface area contributed by atoms with Crippen LogP contribution >= 0.6 is 11.8 Å². The van der Waals surface area contributed by atoms with E-state index in [0.717, 1.165) is 28.0 Å². The Morgan fingerprint density at radius 1 is 1.09 bits per heavy atom. The Morgan fingerprint density at radius 2 is 1.85 bits per heavy atom. The molecule has 0 radical (unpaired) electrons. The molecule has 172 valence electrons. The third-order valence-electron chi connectivity index (χ3n) is 5.48. The van der Waals surface area contributed by atoms with Crippen molar-refractivity contribution in [3.63, 3.8) is 0 Å². The molecular weight excluding hydrogens is 438 g/mol. The molecule has 3 amide bonds. The molecule has 3 aromatic rings. The average molecular weight is 466 g/mol. The highest BCUT2D eigenvalue weighted by atomic mass is 32.2. The fourth-order valence-corrected chi connectivity index (χ4v) is 4.62. The Kier molecular flexibility index (Phi) is 6.98. The second kappa shape index (κ2) is 10.1. The van der Waals surface area contributed by atoms with E-state index in [1.54, 1.807) is 18.9 Å². The van der Waals surface area contributed by atoms with E-state index in [-0.39, 0.29) is 18.5 Å². The Labute approximate surface area is 197 Å². The lowest BCUT2D eigenvalue weighted by Gasteiger charge is -2.17. The van der Waals surface area contributed by atoms with E-state index in [1.165, 1.54) is 10.5 Å². The molecule has 0 bridgehead atoms. The molecule has 0 atom stereocenters. The summed E-state index contributed by atoms with van der Waals surface area (Å²) in [6.07, 6.45) is 0.667. The van der Waals surface area contributed by atoms with Crippen LogP contribution in [0.4, 0.5) is 4.79 Å². The van der Waals surface area contributed by atoms with Crippen LogP contribution in [0.15, 0.2) is 53.7 Å². The molecule has 33 heavy (non-hydrogen) atoms. The normalized spacial score (nSPS) is 13.6. The molecule has 9 heteroatoms. The molecule has 0 unspecified atom stereocenters. The first-order valence-corrected chi connectivity index (χ1v) is 11.9. The molecule has 8 nitrogen and oxygen atoms in total. The fraction of sp³-hybridized carbons (Fsp3) is 0.333. The van der Waals surface area contributed by atoms with Gasteiger partial charge in [0.05, 0.1) is 19.3 Å². The molecule has 1 aliphatic rings. The first-order valence-electron chi connectivity index (χ1n) is 10.9. The number of ether oxygens (including phenoxy) is 1. The zero-order valence-corrected chi connectivity index (χ0v) is 19.8. The number of nitrogens with one attached hydrogen (secondary N) is 1. The van der Waals surface area contributed by atoms with Gasteiger partial charge in [-0.2, -0.15) is 0 Å². The lowest BCUT2D eigenvalue weighted by molar-refractivity contribution is -0.124. The second-order valence-electron chi connectivity index (χ2n) is 7.99. The number of carbonyl (C=O) groups is 2. The minimum atomic E-state index is -0.319. The smallest absolute Gasteiger partial charge is 0.324 e. The summed E-state index contributed by atoms with van der Waals surface area (Å²) in [6.45, 7) is 4.81. The highest BCUT2D eigenvalue weighted by Gasteiger charge is 2.27. The first kappa shape index (κ1) is 22.8. The second-order valence-corrected chi connectivity index (χ2v) is 9.05. The first-order chi connectivity index (χ1) is 16.0. The number of rotatable bonds is 9. The van der Waals surface area contributed by atoms with Crippen molar-refractivity contribution in [2.75, 3.05) is 26.0 Å². The number of hydrogen-bond donors (Lipinski definition) is 1. The van der Waals surface area contributed by atoms with E-state index in [1.807, 2.05) is 36.4 Å². The topological polar surface area (TPSA) is 89.4 Å². The van der Waals surface area contributed by atoms with Gasteiger partial charge in [0.1, 0.15) is 5.75 Å². The van der Waals surface area contributed by atoms with Crippen molar-refractivity contribution < 1.29 is 14.3 Å². The molecule has 1 aromatic heterocycles. The predicted molar refractivity (Wildman–Crippen MR) is 128 cm³/mol. The number of thioether (sulfide) groups is 1. The third kappa shape index (κ3) is 4.88. The number of carbonyl (C=O) groups excluding carboxylic acids is 2. The largest absolute Gasteiger partial charge is 0.497 e. The maximum atomic E-state index is 11.8. The molecule has 0 spiro atoms. The van der Waals surface area contributed by atoms with Crippen LogP contribution in [0.25, 0.3) is 17.1 Å². The minimum absolute atomic E-state index is 0.0809. The van der Waals surface area contributed by atoms with Crippen LogP contribution < -0.4 is 10.1 Å². The Morgan fingerprint density at radius 3 is 2.52 bits per heavy atom. The molecule has 0 saturated carbocycles. The summed E-state index contributed by atoms with van der Waals surface area (Å²) < 4.78 is 7.39. The van der Waals surface area contributed by atoms with E-state index < -0.39 is 0 Å². The highest BCUT2D eigenvalue weighted by molar-refractivity contribution is 7.99. The van der Waals surface area contributed by atoms with Crippen LogP contribution in [0.2, 0.25) is 0 Å². The lowest BCUT2D eigenvalue weighted by atomic mass is 10.0. The van der Waals surface area contributed by atoms with Gasteiger partial charge in [-0.3, -0.25) is 14.3 Å². The van der Waals surface area contributed by atoms with Gasteiger partial charge in [-0.05, 0) is 48.2 Å². The number of methoxy groups -OCH3 is 1. The molecule has 0 aliphatic carbocycles. The zero-order valence-electron chi connectivity index (χ0n) is 18.9. The number of amides is 3. The summed E-state index contributed by atoms with van der Waals surface area (Å²) in [5.74, 6) is 2.37. The van der Waals surface area contributed by atoms with E-state index in [0.29, 0.717) is 24.6 Å². The molecule has 1 fully saturated rings. The monoisotopic (exact) mass is 465 g/mol. The molecule has 1 N–H and O–H groups in total. The van der Waals surface area contributed by atoms with Crippen molar-refractivity contribution in [1.29, 1.82) is 0 Å². The molecule has 4 rings (SSSR count). The van der Waals surface area contributed by atoms with Gasteiger partial charge in [-0.1, -0.05) is 43.8 Å². The number of para-hydroxylation sites is 1. The minimum Gasteiger partial charge on any atom is -0.497 e. The standard InChI is InChI=1S/C24H27N5O3S/c1-16(2)19-7-4-5-8-20(19)29-22(17-9-11-18(32-3)12-10-17)26-27-24(29)33-14-6-13-28-21(30)15-25-23(28)31/h4-5,7-12,16H,6,13-15H2,1-3H3,(H,25,31). The summed E-state index contributed by atoms with van der Waals surface area (Å²) in [5.41, 5.74) is 3.18. The van der Waals surface area contributed by atoms with Crippen molar-refractivity contribution in [2.24, 2.45) is 0 Å². The number of imide groups is 1. The van der Waals surface area contributed by atoms with Gasteiger partial charge in [0.2, 0.25) is 5.91 Å². The quantitative estimate of drug-likeness (QED) is 0.291. The summed E-state index contributed by atoms with van der Waals surface area (Å²) in [4.78, 5) is 24.8. The number of urea groups is 1. The van der Waals surface area contributed by atoms with Gasteiger partial charge in [-0.25, -0.2) is 4.79 Å². The molecule has 1 saturated heterocycles. The van der Waals surface area contributed by atoms with E-state index in [9.17, 15) is 9.59 Å². The molecule has 1 aliphatic heterocycles. The Balaban J connectivity index is 1.62. The average Bonchev–Trinajstić information content (AvgIpc) is 3.39. The van der Waals surface area contributed by atoms with E-state index >= 15 is 0 Å². The molecule has 2 heterocycles. The SMILES string of the molecule is COc1ccc(-c2nnc(SCCCN3C(=O)CNC3=O)n2-c2ccccc2C(C)C)cc1. The van der Waals surface area contributed by atoms with Gasteiger partial charge in [0.15, 0.2) is 11.0 Å². The lowest BCUT2D eigenvalue weighted by Crippen LogP contribution is -2.32. The van der Waals surface area contributed by atoms with Gasteiger partial charge < -0.3 is 10.1 Å². The van der Waals surface area contributed by atoms with Crippen LogP contribution in [-0.2, 0) is 4.79 Å². The number of aromatic nitrogens is 3. The summed E-state index contributed by atoms with van der Waals surface area (Å²) in [5, 5.41) is 12.3. The van der Waals surface area contributed by atoms with E-state index in [4.69, 9.17) is 4.74 Å². The van der Waals surface area contributed by atoms with Crippen LogP contribution in [0.1, 0.15) is 31.7 Å². The van der Waals surface area contributed by atoms with Crippen molar-refractivity contribution in [2.45, 2.75) is 31.3 Å². The van der Waals surface area contributed by atoms with Crippen molar-refractivity contribution in [1.82, 2.24) is 25.0 Å².